The second kappa shape index (κ2) is 9.17. The van der Waals surface area contributed by atoms with Crippen molar-refractivity contribution in [2.24, 2.45) is 0 Å². The van der Waals surface area contributed by atoms with Gasteiger partial charge in [0.25, 0.3) is 10.0 Å². The van der Waals surface area contributed by atoms with Crippen LogP contribution in [0.3, 0.4) is 0 Å². The molecule has 0 spiro atoms. The molecule has 32 heavy (non-hydrogen) atoms. The average Bonchev–Trinajstić information content (AvgIpc) is 2.79. The van der Waals surface area contributed by atoms with Crippen LogP contribution < -0.4 is 9.62 Å². The molecule has 0 radical (unpaired) electrons. The number of hydrogen-bond donors (Lipinski definition) is 1. The summed E-state index contributed by atoms with van der Waals surface area (Å²) in [4.78, 5) is 24.8. The number of nitrogens with zero attached hydrogens (tertiary/aromatic N) is 4. The van der Waals surface area contributed by atoms with Crippen molar-refractivity contribution in [3.63, 3.8) is 0 Å². The first kappa shape index (κ1) is 22.1. The van der Waals surface area contributed by atoms with Crippen LogP contribution >= 0.6 is 11.6 Å². The number of para-hydroxylation sites is 2. The SMILES string of the molecule is CCOC(=O)N1CCN(c2nc3ccccc3nc2NS(=O)(=O)c2ccc(Cl)cc2)CC1. The first-order valence-corrected chi connectivity index (χ1v) is 12.0. The molecular weight excluding hydrogens is 454 g/mol. The molecule has 2 aromatic carbocycles. The van der Waals surface area contributed by atoms with Crippen LogP contribution in [0.1, 0.15) is 6.92 Å². The normalized spacial score (nSPS) is 14.4. The summed E-state index contributed by atoms with van der Waals surface area (Å²) in [6, 6.07) is 13.1. The van der Waals surface area contributed by atoms with Crippen molar-refractivity contribution in [3.05, 3.63) is 53.6 Å². The van der Waals surface area contributed by atoms with E-state index >= 15 is 0 Å². The Balaban J connectivity index is 1.66. The molecule has 0 unspecified atom stereocenters. The number of rotatable bonds is 5. The Bertz CT molecular complexity index is 1230. The van der Waals surface area contributed by atoms with Crippen molar-refractivity contribution in [2.45, 2.75) is 11.8 Å². The maximum atomic E-state index is 13.0. The molecule has 0 bridgehead atoms. The van der Waals surface area contributed by atoms with Gasteiger partial charge in [-0.05, 0) is 43.3 Å². The van der Waals surface area contributed by atoms with E-state index in [0.29, 0.717) is 54.7 Å². The maximum absolute atomic E-state index is 13.0. The fraction of sp³-hybridized carbons (Fsp3) is 0.286. The van der Waals surface area contributed by atoms with Crippen LogP contribution in [0.5, 0.6) is 0 Å². The number of nitrogens with one attached hydrogen (secondary N) is 1. The summed E-state index contributed by atoms with van der Waals surface area (Å²) in [6.45, 7) is 3.85. The molecule has 0 aliphatic carbocycles. The molecule has 9 nitrogen and oxygen atoms in total. The number of piperazine rings is 1. The van der Waals surface area contributed by atoms with Crippen molar-refractivity contribution in [1.29, 1.82) is 0 Å². The summed E-state index contributed by atoms with van der Waals surface area (Å²) in [7, 11) is -3.91. The average molecular weight is 476 g/mol. The number of sulfonamides is 1. The summed E-state index contributed by atoms with van der Waals surface area (Å²) in [5.41, 5.74) is 1.21. The highest BCUT2D eigenvalue weighted by atomic mass is 35.5. The Morgan fingerprint density at radius 1 is 1.03 bits per heavy atom. The van der Waals surface area contributed by atoms with Gasteiger partial charge in [0, 0.05) is 31.2 Å². The molecule has 1 aliphatic heterocycles. The lowest BCUT2D eigenvalue weighted by Crippen LogP contribution is -2.49. The van der Waals surface area contributed by atoms with E-state index in [9.17, 15) is 13.2 Å². The highest BCUT2D eigenvalue weighted by Gasteiger charge is 2.27. The zero-order chi connectivity index (χ0) is 22.7. The number of carbonyl (C=O) groups is 1. The Labute approximate surface area is 191 Å². The van der Waals surface area contributed by atoms with E-state index in [4.69, 9.17) is 16.3 Å². The van der Waals surface area contributed by atoms with Crippen molar-refractivity contribution in [2.75, 3.05) is 42.4 Å². The van der Waals surface area contributed by atoms with Gasteiger partial charge >= 0.3 is 6.09 Å². The molecule has 1 amide bonds. The minimum atomic E-state index is -3.91. The van der Waals surface area contributed by atoms with Crippen molar-refractivity contribution in [3.8, 4) is 0 Å². The largest absolute Gasteiger partial charge is 0.450 e. The van der Waals surface area contributed by atoms with Gasteiger partial charge in [-0.1, -0.05) is 23.7 Å². The zero-order valence-electron chi connectivity index (χ0n) is 17.4. The zero-order valence-corrected chi connectivity index (χ0v) is 18.9. The number of amides is 1. The van der Waals surface area contributed by atoms with E-state index in [2.05, 4.69) is 14.7 Å². The van der Waals surface area contributed by atoms with E-state index < -0.39 is 10.0 Å². The van der Waals surface area contributed by atoms with Gasteiger partial charge < -0.3 is 14.5 Å². The number of ether oxygens (including phenoxy) is 1. The van der Waals surface area contributed by atoms with Crippen LogP contribution in [-0.2, 0) is 14.8 Å². The Kier molecular flexibility index (Phi) is 6.33. The Morgan fingerprint density at radius 2 is 1.66 bits per heavy atom. The third-order valence-corrected chi connectivity index (χ3v) is 6.62. The predicted molar refractivity (Wildman–Crippen MR) is 123 cm³/mol. The number of carbonyl (C=O) groups excluding carboxylic acids is 1. The van der Waals surface area contributed by atoms with Gasteiger partial charge in [-0.3, -0.25) is 4.72 Å². The number of halogens is 1. The molecule has 0 atom stereocenters. The third kappa shape index (κ3) is 4.71. The highest BCUT2D eigenvalue weighted by molar-refractivity contribution is 7.92. The van der Waals surface area contributed by atoms with E-state index in [-0.39, 0.29) is 16.8 Å². The second-order valence-corrected chi connectivity index (χ2v) is 9.24. The van der Waals surface area contributed by atoms with Gasteiger partial charge in [0.05, 0.1) is 22.5 Å². The third-order valence-electron chi connectivity index (χ3n) is 5.01. The maximum Gasteiger partial charge on any atom is 0.409 e. The minimum absolute atomic E-state index is 0.0648. The lowest BCUT2D eigenvalue weighted by molar-refractivity contribution is 0.105. The molecule has 1 N–H and O–H groups in total. The molecule has 1 fully saturated rings. The second-order valence-electron chi connectivity index (χ2n) is 7.12. The molecule has 2 heterocycles. The quantitative estimate of drug-likeness (QED) is 0.603. The van der Waals surface area contributed by atoms with Gasteiger partial charge in [0.15, 0.2) is 11.6 Å². The van der Waals surface area contributed by atoms with Crippen LogP contribution in [0.4, 0.5) is 16.4 Å². The first-order chi connectivity index (χ1) is 15.4. The first-order valence-electron chi connectivity index (χ1n) is 10.1. The van der Waals surface area contributed by atoms with Crippen molar-refractivity contribution < 1.29 is 17.9 Å². The van der Waals surface area contributed by atoms with Gasteiger partial charge in [0.1, 0.15) is 0 Å². The molecule has 4 rings (SSSR count). The van der Waals surface area contributed by atoms with Crippen LogP contribution in [0.2, 0.25) is 5.02 Å². The lowest BCUT2D eigenvalue weighted by atomic mass is 10.3. The molecule has 11 heteroatoms. The van der Waals surface area contributed by atoms with E-state index in [0.717, 1.165) is 0 Å². The van der Waals surface area contributed by atoms with Crippen molar-refractivity contribution in [1.82, 2.24) is 14.9 Å². The van der Waals surface area contributed by atoms with Gasteiger partial charge in [-0.15, -0.1) is 0 Å². The van der Waals surface area contributed by atoms with Gasteiger partial charge in [0.2, 0.25) is 0 Å². The summed E-state index contributed by atoms with van der Waals surface area (Å²) in [5.74, 6) is 0.535. The molecule has 3 aromatic rings. The number of hydrogen-bond acceptors (Lipinski definition) is 7. The Morgan fingerprint density at radius 3 is 2.28 bits per heavy atom. The highest BCUT2D eigenvalue weighted by Crippen LogP contribution is 2.28. The number of aromatic nitrogens is 2. The standard InChI is InChI=1S/C21H22ClN5O4S/c1-2-31-21(28)27-13-11-26(12-14-27)20-19(23-17-5-3-4-6-18(17)24-20)25-32(29,30)16-9-7-15(22)8-10-16/h3-10H,2,11-14H2,1H3,(H,23,25). The molecule has 1 aliphatic rings. The van der Waals surface area contributed by atoms with Crippen LogP contribution in [-0.4, -0.2) is 62.2 Å². The van der Waals surface area contributed by atoms with E-state index in [1.54, 1.807) is 17.9 Å². The summed E-state index contributed by atoms with van der Waals surface area (Å²) in [5, 5.41) is 0.439. The topological polar surface area (TPSA) is 105 Å². The van der Waals surface area contributed by atoms with Crippen LogP contribution in [0.15, 0.2) is 53.4 Å². The molecule has 0 saturated carbocycles. The van der Waals surface area contributed by atoms with Crippen LogP contribution in [0, 0.1) is 0 Å². The summed E-state index contributed by atoms with van der Waals surface area (Å²) < 4.78 is 33.6. The fourth-order valence-electron chi connectivity index (χ4n) is 3.40. The monoisotopic (exact) mass is 475 g/mol. The van der Waals surface area contributed by atoms with Crippen LogP contribution in [0.25, 0.3) is 11.0 Å². The van der Waals surface area contributed by atoms with E-state index in [1.807, 2.05) is 23.1 Å². The smallest absolute Gasteiger partial charge is 0.409 e. The molecule has 1 saturated heterocycles. The number of fused-ring (bicyclic) bond motifs is 1. The Hall–Kier alpha value is -3.11. The fourth-order valence-corrected chi connectivity index (χ4v) is 4.52. The lowest BCUT2D eigenvalue weighted by Gasteiger charge is -2.35. The minimum Gasteiger partial charge on any atom is -0.450 e. The van der Waals surface area contributed by atoms with Gasteiger partial charge in [-0.25, -0.2) is 23.2 Å². The van der Waals surface area contributed by atoms with E-state index in [1.165, 1.54) is 24.3 Å². The summed E-state index contributed by atoms with van der Waals surface area (Å²) in [6.07, 6.45) is -0.361. The summed E-state index contributed by atoms with van der Waals surface area (Å²) >= 11 is 5.89. The molecular formula is C21H22ClN5O4S. The van der Waals surface area contributed by atoms with Gasteiger partial charge in [-0.2, -0.15) is 0 Å². The predicted octanol–water partition coefficient (Wildman–Crippen LogP) is 3.36. The number of anilines is 2. The van der Waals surface area contributed by atoms with Crippen molar-refractivity contribution >= 4 is 50.4 Å². The number of benzene rings is 2. The molecule has 1 aromatic heterocycles. The molecule has 168 valence electrons.